The van der Waals surface area contributed by atoms with E-state index in [2.05, 4.69) is 26.1 Å². The maximum Gasteiger partial charge on any atom is 0.207 e. The number of aliphatic imine (C=N–C) groups is 1. The third-order valence-electron chi connectivity index (χ3n) is 5.23. The highest BCUT2D eigenvalue weighted by Gasteiger charge is 2.16. The van der Waals surface area contributed by atoms with E-state index in [-0.39, 0.29) is 5.43 Å². The molecule has 0 saturated heterocycles. The van der Waals surface area contributed by atoms with E-state index in [1.807, 2.05) is 55.6 Å². The molecule has 1 aliphatic heterocycles. The van der Waals surface area contributed by atoms with E-state index >= 15 is 0 Å². The average molecular weight is 405 g/mol. The summed E-state index contributed by atoms with van der Waals surface area (Å²) in [5.74, 6) is 0. The van der Waals surface area contributed by atoms with Crippen LogP contribution in [0.1, 0.15) is 23.4 Å². The summed E-state index contributed by atoms with van der Waals surface area (Å²) >= 11 is 0. The molecular formula is C25H19N5O. The van der Waals surface area contributed by atoms with Gasteiger partial charge in [0.25, 0.3) is 0 Å². The molecule has 0 radical (unpaired) electrons. The van der Waals surface area contributed by atoms with E-state index < -0.39 is 0 Å². The van der Waals surface area contributed by atoms with Crippen LogP contribution < -0.4 is 5.43 Å². The van der Waals surface area contributed by atoms with Gasteiger partial charge >= 0.3 is 0 Å². The molecule has 5 rings (SSSR count). The van der Waals surface area contributed by atoms with Crippen LogP contribution in [0.5, 0.6) is 0 Å². The summed E-state index contributed by atoms with van der Waals surface area (Å²) in [7, 11) is 0. The Morgan fingerprint density at radius 2 is 1.84 bits per heavy atom. The van der Waals surface area contributed by atoms with Gasteiger partial charge in [-0.25, -0.2) is 4.68 Å². The van der Waals surface area contributed by atoms with Crippen molar-refractivity contribution in [2.75, 3.05) is 0 Å². The predicted molar refractivity (Wildman–Crippen MR) is 123 cm³/mol. The van der Waals surface area contributed by atoms with Crippen molar-refractivity contribution in [2.24, 2.45) is 4.99 Å². The first-order valence-corrected chi connectivity index (χ1v) is 9.98. The van der Waals surface area contributed by atoms with Crippen LogP contribution in [0.15, 0.2) is 89.2 Å². The van der Waals surface area contributed by atoms with Gasteiger partial charge in [-0.3, -0.25) is 19.8 Å². The Balaban J connectivity index is 1.57. The molecule has 3 aromatic heterocycles. The van der Waals surface area contributed by atoms with Crippen molar-refractivity contribution in [3.05, 3.63) is 107 Å². The first kappa shape index (κ1) is 18.8. The number of pyridine rings is 2. The second-order valence-corrected chi connectivity index (χ2v) is 7.33. The van der Waals surface area contributed by atoms with Crippen LogP contribution in [-0.2, 0) is 0 Å². The Morgan fingerprint density at radius 1 is 0.968 bits per heavy atom. The lowest BCUT2D eigenvalue weighted by Gasteiger charge is -2.13. The van der Waals surface area contributed by atoms with Gasteiger partial charge in [0, 0.05) is 54.6 Å². The highest BCUT2D eigenvalue weighted by atomic mass is 16.1. The Hall–Kier alpha value is -4.19. The van der Waals surface area contributed by atoms with Crippen LogP contribution in [-0.4, -0.2) is 26.0 Å². The van der Waals surface area contributed by atoms with Gasteiger partial charge in [0.05, 0.1) is 11.2 Å². The maximum absolute atomic E-state index is 12.7. The molecule has 6 nitrogen and oxygen atoms in total. The molecule has 1 aromatic carbocycles. The second kappa shape index (κ2) is 7.91. The van der Waals surface area contributed by atoms with Gasteiger partial charge in [0.15, 0.2) is 0 Å². The minimum Gasteiger partial charge on any atom is -0.287 e. The van der Waals surface area contributed by atoms with Gasteiger partial charge in [0.1, 0.15) is 5.69 Å². The Morgan fingerprint density at radius 3 is 2.74 bits per heavy atom. The molecule has 4 aromatic rings. The first-order chi connectivity index (χ1) is 15.2. The zero-order valence-electron chi connectivity index (χ0n) is 16.9. The number of benzene rings is 1. The first-order valence-electron chi connectivity index (χ1n) is 9.98. The molecule has 6 heteroatoms. The molecule has 0 N–H and O–H groups in total. The average Bonchev–Trinajstić information content (AvgIpc) is 3.05. The molecule has 0 unspecified atom stereocenters. The lowest BCUT2D eigenvalue weighted by molar-refractivity contribution is 0.820. The zero-order valence-corrected chi connectivity index (χ0v) is 16.9. The van der Waals surface area contributed by atoms with Gasteiger partial charge in [-0.1, -0.05) is 18.2 Å². The van der Waals surface area contributed by atoms with Crippen molar-refractivity contribution in [1.82, 2.24) is 19.7 Å². The molecule has 0 aliphatic carbocycles. The highest BCUT2D eigenvalue weighted by Crippen LogP contribution is 2.31. The van der Waals surface area contributed by atoms with E-state index in [0.717, 1.165) is 39.0 Å². The molecule has 0 atom stereocenters. The number of para-hydroxylation sites is 1. The summed E-state index contributed by atoms with van der Waals surface area (Å²) in [5, 5.41) is 5.70. The van der Waals surface area contributed by atoms with Crippen molar-refractivity contribution in [3.8, 4) is 5.69 Å². The van der Waals surface area contributed by atoms with Crippen molar-refractivity contribution in [2.45, 2.75) is 13.3 Å². The minimum absolute atomic E-state index is 0.123. The lowest BCUT2D eigenvalue weighted by Crippen LogP contribution is -2.16. The normalized spacial score (nSPS) is 13.6. The summed E-state index contributed by atoms with van der Waals surface area (Å²) in [5.41, 5.74) is 5.83. The number of allylic oxidation sites excluding steroid dienone is 3. The molecular weight excluding hydrogens is 386 g/mol. The van der Waals surface area contributed by atoms with Crippen molar-refractivity contribution >= 4 is 28.3 Å². The molecule has 150 valence electrons. The van der Waals surface area contributed by atoms with Crippen LogP contribution in [0.4, 0.5) is 0 Å². The van der Waals surface area contributed by atoms with Crippen LogP contribution >= 0.6 is 0 Å². The van der Waals surface area contributed by atoms with Gasteiger partial charge in [-0.05, 0) is 54.0 Å². The fourth-order valence-corrected chi connectivity index (χ4v) is 3.73. The summed E-state index contributed by atoms with van der Waals surface area (Å²) in [4.78, 5) is 25.8. The van der Waals surface area contributed by atoms with E-state index in [1.54, 1.807) is 35.6 Å². The number of hydrogen-bond donors (Lipinski definition) is 0. The highest BCUT2D eigenvalue weighted by molar-refractivity contribution is 5.97. The minimum atomic E-state index is -0.123. The number of nitrogens with zero attached hydrogens (tertiary/aromatic N) is 5. The van der Waals surface area contributed by atoms with Crippen LogP contribution in [0, 0.1) is 6.92 Å². The quantitative estimate of drug-likeness (QED) is 0.507. The molecule has 4 heterocycles. The number of fused-ring (bicyclic) bond motifs is 1. The number of hydrogen-bond acceptors (Lipinski definition) is 5. The Bertz CT molecular complexity index is 1440. The Kier molecular flexibility index (Phi) is 4.80. The van der Waals surface area contributed by atoms with E-state index in [0.29, 0.717) is 12.1 Å². The predicted octanol–water partition coefficient (Wildman–Crippen LogP) is 4.38. The standard InChI is InChI=1S/C25H19N5O/c1-17-14-20(7-11-27-17)30-13-9-24(31)25(29-30)18-6-10-26-16-19(15-18)21-8-12-28-23-5-3-2-4-22(21)23/h2-14,16H,15H2,1H3. The van der Waals surface area contributed by atoms with E-state index in [4.69, 9.17) is 0 Å². The molecule has 0 amide bonds. The zero-order chi connectivity index (χ0) is 21.2. The number of aromatic nitrogens is 4. The van der Waals surface area contributed by atoms with Crippen LogP contribution in [0.3, 0.4) is 0 Å². The van der Waals surface area contributed by atoms with Gasteiger partial charge in [0.2, 0.25) is 5.43 Å². The third-order valence-corrected chi connectivity index (χ3v) is 5.23. The summed E-state index contributed by atoms with van der Waals surface area (Å²) in [6.07, 6.45) is 11.2. The fraction of sp³-hybridized carbons (Fsp3) is 0.0800. The van der Waals surface area contributed by atoms with Gasteiger partial charge < -0.3 is 0 Å². The molecule has 0 saturated carbocycles. The van der Waals surface area contributed by atoms with Crippen molar-refractivity contribution in [1.29, 1.82) is 0 Å². The summed E-state index contributed by atoms with van der Waals surface area (Å²) in [6, 6.07) is 15.3. The smallest absolute Gasteiger partial charge is 0.207 e. The van der Waals surface area contributed by atoms with E-state index in [9.17, 15) is 4.79 Å². The van der Waals surface area contributed by atoms with Crippen LogP contribution in [0.2, 0.25) is 0 Å². The third kappa shape index (κ3) is 3.71. The SMILES string of the molecule is Cc1cc(-n2ccc(=O)c(C3=CC=NC=C(c4ccnc5ccccc45)C3)n2)ccn1. The molecule has 0 spiro atoms. The topological polar surface area (TPSA) is 73.0 Å². The molecule has 0 bridgehead atoms. The fourth-order valence-electron chi connectivity index (χ4n) is 3.73. The monoisotopic (exact) mass is 405 g/mol. The van der Waals surface area contributed by atoms with Crippen molar-refractivity contribution < 1.29 is 0 Å². The van der Waals surface area contributed by atoms with Gasteiger partial charge in [-0.2, -0.15) is 5.10 Å². The largest absolute Gasteiger partial charge is 0.287 e. The molecule has 31 heavy (non-hydrogen) atoms. The maximum atomic E-state index is 12.7. The second-order valence-electron chi connectivity index (χ2n) is 7.33. The number of rotatable bonds is 3. The molecule has 0 fully saturated rings. The van der Waals surface area contributed by atoms with Crippen LogP contribution in [0.25, 0.3) is 27.7 Å². The molecule has 1 aliphatic rings. The van der Waals surface area contributed by atoms with Crippen molar-refractivity contribution in [3.63, 3.8) is 0 Å². The summed E-state index contributed by atoms with van der Waals surface area (Å²) < 4.78 is 1.71. The van der Waals surface area contributed by atoms with Gasteiger partial charge in [-0.15, -0.1) is 0 Å². The number of aryl methyl sites for hydroxylation is 1. The van der Waals surface area contributed by atoms with E-state index in [1.165, 1.54) is 0 Å². The summed E-state index contributed by atoms with van der Waals surface area (Å²) in [6.45, 7) is 1.92. The lowest BCUT2D eigenvalue weighted by atomic mass is 9.95. The Labute approximate surface area is 179 Å².